The first kappa shape index (κ1) is 8.09. The van der Waals surface area contributed by atoms with Gasteiger partial charge < -0.3 is 0 Å². The molecule has 0 saturated carbocycles. The summed E-state index contributed by atoms with van der Waals surface area (Å²) in [5, 5.41) is 0. The first-order valence-corrected chi connectivity index (χ1v) is 4.26. The molecule has 0 aromatic heterocycles. The van der Waals surface area contributed by atoms with Gasteiger partial charge in [0.2, 0.25) is 0 Å². The van der Waals surface area contributed by atoms with Crippen LogP contribution in [0.15, 0.2) is 21.8 Å². The Kier molecular flexibility index (Phi) is 2.76. The Labute approximate surface area is 73.5 Å². The van der Waals surface area contributed by atoms with Crippen LogP contribution in [0.25, 0.3) is 0 Å². The van der Waals surface area contributed by atoms with Gasteiger partial charge in [0.25, 0.3) is 0 Å². The molecular formula is C8H11OTi. The van der Waals surface area contributed by atoms with Crippen molar-refractivity contribution in [2.24, 2.45) is 0 Å². The SMILES string of the molecule is CC(C)OC1=[C]([Ti])CC=C1. The Hall–Kier alpha value is -0.00571. The molecule has 0 fully saturated rings. The Morgan fingerprint density at radius 2 is 2.30 bits per heavy atom. The summed E-state index contributed by atoms with van der Waals surface area (Å²) in [6.07, 6.45) is 5.54. The molecule has 10 heavy (non-hydrogen) atoms. The number of rotatable bonds is 2. The van der Waals surface area contributed by atoms with Crippen LogP contribution in [-0.4, -0.2) is 6.10 Å². The molecule has 0 saturated heterocycles. The van der Waals surface area contributed by atoms with E-state index in [1.165, 1.54) is 3.88 Å². The van der Waals surface area contributed by atoms with E-state index in [1.54, 1.807) is 0 Å². The summed E-state index contributed by atoms with van der Waals surface area (Å²) in [7, 11) is 0. The zero-order valence-electron chi connectivity index (χ0n) is 6.35. The maximum absolute atomic E-state index is 5.52. The molecule has 0 radical (unpaired) electrons. The van der Waals surface area contributed by atoms with Crippen molar-refractivity contribution in [2.75, 3.05) is 0 Å². The molecule has 1 rings (SSSR count). The van der Waals surface area contributed by atoms with Gasteiger partial charge in [0.1, 0.15) is 0 Å². The summed E-state index contributed by atoms with van der Waals surface area (Å²) in [6.45, 7) is 4.10. The molecule has 0 heterocycles. The van der Waals surface area contributed by atoms with Gasteiger partial charge in [0.05, 0.1) is 0 Å². The zero-order valence-corrected chi connectivity index (χ0v) is 7.91. The third kappa shape index (κ3) is 2.00. The van der Waals surface area contributed by atoms with E-state index in [4.69, 9.17) is 4.74 Å². The van der Waals surface area contributed by atoms with E-state index in [0.29, 0.717) is 6.10 Å². The molecule has 0 atom stereocenters. The first-order valence-electron chi connectivity index (χ1n) is 3.48. The first-order chi connectivity index (χ1) is 4.70. The molecule has 0 aliphatic heterocycles. The van der Waals surface area contributed by atoms with Crippen LogP contribution in [0.4, 0.5) is 0 Å². The zero-order chi connectivity index (χ0) is 7.56. The predicted molar refractivity (Wildman–Crippen MR) is 37.0 cm³/mol. The topological polar surface area (TPSA) is 9.23 Å². The molecule has 0 bridgehead atoms. The Bertz CT molecular complexity index is 180. The molecule has 0 aromatic carbocycles. The van der Waals surface area contributed by atoms with E-state index in [2.05, 4.69) is 32.6 Å². The van der Waals surface area contributed by atoms with Crippen LogP contribution in [-0.2, 0) is 25.2 Å². The van der Waals surface area contributed by atoms with Crippen LogP contribution < -0.4 is 0 Å². The summed E-state index contributed by atoms with van der Waals surface area (Å²) in [4.78, 5) is 0. The van der Waals surface area contributed by atoms with Gasteiger partial charge >= 0.3 is 73.3 Å². The van der Waals surface area contributed by atoms with Crippen molar-refractivity contribution in [3.8, 4) is 0 Å². The number of hydrogen-bond donors (Lipinski definition) is 0. The molecule has 53 valence electrons. The van der Waals surface area contributed by atoms with Crippen LogP contribution in [0.1, 0.15) is 20.3 Å². The average Bonchev–Trinajstić information content (AvgIpc) is 2.15. The average molecular weight is 171 g/mol. The maximum atomic E-state index is 5.52. The van der Waals surface area contributed by atoms with Crippen molar-refractivity contribution in [1.29, 1.82) is 0 Å². The summed E-state index contributed by atoms with van der Waals surface area (Å²) >= 11 is 2.11. The van der Waals surface area contributed by atoms with Gasteiger partial charge in [-0.25, -0.2) is 0 Å². The second-order valence-electron chi connectivity index (χ2n) is 2.62. The van der Waals surface area contributed by atoms with Crippen LogP contribution in [0.5, 0.6) is 0 Å². The van der Waals surface area contributed by atoms with E-state index in [0.717, 1.165) is 12.2 Å². The van der Waals surface area contributed by atoms with E-state index in [-0.39, 0.29) is 0 Å². The molecule has 1 aliphatic carbocycles. The van der Waals surface area contributed by atoms with Gasteiger partial charge in [-0.3, -0.25) is 0 Å². The second kappa shape index (κ2) is 3.40. The molecule has 1 aliphatic rings. The normalized spacial score (nSPS) is 17.0. The standard InChI is InChI=1S/C8H11O.Ti/c1-7(2)9-8-5-3-4-6-8;/h3,5,7H,4H2,1-2H3;. The Morgan fingerprint density at radius 1 is 1.60 bits per heavy atom. The number of ether oxygens (including phenoxy) is 1. The van der Waals surface area contributed by atoms with Crippen LogP contribution in [0.2, 0.25) is 0 Å². The van der Waals surface area contributed by atoms with E-state index in [9.17, 15) is 0 Å². The fraction of sp³-hybridized carbons (Fsp3) is 0.500. The number of allylic oxidation sites excluding steroid dienone is 3. The van der Waals surface area contributed by atoms with Crippen molar-refractivity contribution in [3.63, 3.8) is 0 Å². The summed E-state index contributed by atoms with van der Waals surface area (Å²) in [5.41, 5.74) is 0. The van der Waals surface area contributed by atoms with Crippen LogP contribution in [0.3, 0.4) is 0 Å². The summed E-state index contributed by atoms with van der Waals surface area (Å²) < 4.78 is 6.86. The fourth-order valence-corrected chi connectivity index (χ4v) is 1.26. The third-order valence-electron chi connectivity index (χ3n) is 1.25. The van der Waals surface area contributed by atoms with Crippen LogP contribution >= 0.6 is 0 Å². The quantitative estimate of drug-likeness (QED) is 0.578. The van der Waals surface area contributed by atoms with Crippen molar-refractivity contribution in [3.05, 3.63) is 21.8 Å². The van der Waals surface area contributed by atoms with Crippen molar-refractivity contribution in [1.82, 2.24) is 0 Å². The predicted octanol–water partition coefficient (Wildman–Crippen LogP) is 2.13. The molecule has 0 amide bonds. The second-order valence-corrected chi connectivity index (χ2v) is 3.56. The third-order valence-corrected chi connectivity index (χ3v) is 1.95. The van der Waals surface area contributed by atoms with E-state index < -0.39 is 0 Å². The Morgan fingerprint density at radius 3 is 2.70 bits per heavy atom. The van der Waals surface area contributed by atoms with Crippen molar-refractivity contribution < 1.29 is 25.2 Å². The fourth-order valence-electron chi connectivity index (χ4n) is 0.849. The molecule has 1 nitrogen and oxygen atoms in total. The van der Waals surface area contributed by atoms with Gasteiger partial charge in [0, 0.05) is 0 Å². The molecule has 0 N–H and O–H groups in total. The van der Waals surface area contributed by atoms with Gasteiger partial charge in [-0.15, -0.1) is 0 Å². The molecule has 2 heteroatoms. The van der Waals surface area contributed by atoms with Crippen molar-refractivity contribution in [2.45, 2.75) is 26.4 Å². The van der Waals surface area contributed by atoms with Crippen LogP contribution in [0, 0.1) is 0 Å². The summed E-state index contributed by atoms with van der Waals surface area (Å²) in [5.74, 6) is 1.06. The van der Waals surface area contributed by atoms with Crippen molar-refractivity contribution >= 4 is 0 Å². The molecular weight excluding hydrogens is 160 g/mol. The van der Waals surface area contributed by atoms with Gasteiger partial charge in [-0.2, -0.15) is 0 Å². The molecule has 0 spiro atoms. The van der Waals surface area contributed by atoms with E-state index in [1.807, 2.05) is 13.8 Å². The molecule has 0 unspecified atom stereocenters. The van der Waals surface area contributed by atoms with E-state index >= 15 is 0 Å². The number of hydrogen-bond acceptors (Lipinski definition) is 1. The van der Waals surface area contributed by atoms with Gasteiger partial charge in [0.15, 0.2) is 0 Å². The minimum atomic E-state index is 0.299. The Balaban J connectivity index is 2.54. The minimum absolute atomic E-state index is 0.299. The van der Waals surface area contributed by atoms with Gasteiger partial charge in [-0.05, 0) is 0 Å². The monoisotopic (exact) mass is 171 g/mol. The summed E-state index contributed by atoms with van der Waals surface area (Å²) in [6, 6.07) is 0. The molecule has 0 aromatic rings. The van der Waals surface area contributed by atoms with Gasteiger partial charge in [-0.1, -0.05) is 0 Å².